The molecule has 1 amide bonds. The number of amides is 1. The monoisotopic (exact) mass is 386 g/mol. The summed E-state index contributed by atoms with van der Waals surface area (Å²) in [6.45, 7) is 4.77. The summed E-state index contributed by atoms with van der Waals surface area (Å²) in [5.74, 6) is 1.33. The first-order valence-corrected chi connectivity index (χ1v) is 10.4. The molecule has 5 heteroatoms. The number of nitrogens with one attached hydrogen (secondary N) is 1. The zero-order chi connectivity index (χ0) is 20.0. The molecule has 3 aliphatic carbocycles. The quantitative estimate of drug-likeness (QED) is 0.724. The van der Waals surface area contributed by atoms with Crippen molar-refractivity contribution < 1.29 is 4.79 Å². The smallest absolute Gasteiger partial charge is 0.245 e. The summed E-state index contributed by atoms with van der Waals surface area (Å²) in [7, 11) is 0. The molecule has 0 spiro atoms. The molecule has 0 saturated carbocycles. The summed E-state index contributed by atoms with van der Waals surface area (Å²) < 4.78 is 1.66. The van der Waals surface area contributed by atoms with Crippen molar-refractivity contribution in [2.24, 2.45) is 11.8 Å². The van der Waals surface area contributed by atoms with Gasteiger partial charge in [0.15, 0.2) is 0 Å². The van der Waals surface area contributed by atoms with E-state index in [1.807, 2.05) is 13.8 Å². The molecule has 3 aliphatic rings. The molecule has 29 heavy (non-hydrogen) atoms. The Hall–Kier alpha value is -2.95. The molecule has 0 fully saturated rings. The summed E-state index contributed by atoms with van der Waals surface area (Å²) in [5, 5.41) is 7.44. The fourth-order valence-corrected chi connectivity index (χ4v) is 5.39. The second-order valence-corrected chi connectivity index (χ2v) is 8.59. The van der Waals surface area contributed by atoms with Crippen LogP contribution in [0.15, 0.2) is 61.2 Å². The number of rotatable bonds is 5. The molecule has 2 atom stereocenters. The normalized spacial score (nSPS) is 22.8. The first kappa shape index (κ1) is 18.1. The zero-order valence-electron chi connectivity index (χ0n) is 16.8. The van der Waals surface area contributed by atoms with E-state index in [9.17, 15) is 4.79 Å². The van der Waals surface area contributed by atoms with Gasteiger partial charge in [-0.1, -0.05) is 62.4 Å². The minimum Gasteiger partial charge on any atom is -0.354 e. The molecule has 148 valence electrons. The third-order valence-electron chi connectivity index (χ3n) is 6.58. The average Bonchev–Trinajstić information content (AvgIpc) is 3.26. The third-order valence-corrected chi connectivity index (χ3v) is 6.58. The number of benzene rings is 2. The van der Waals surface area contributed by atoms with Gasteiger partial charge in [0.25, 0.3) is 0 Å². The van der Waals surface area contributed by atoms with Crippen LogP contribution in [-0.2, 0) is 4.79 Å². The molecule has 5 nitrogen and oxygen atoms in total. The first-order valence-electron chi connectivity index (χ1n) is 10.4. The van der Waals surface area contributed by atoms with E-state index in [1.165, 1.54) is 28.6 Å². The lowest BCUT2D eigenvalue weighted by Gasteiger charge is -2.45. The van der Waals surface area contributed by atoms with E-state index in [2.05, 4.69) is 63.9 Å². The van der Waals surface area contributed by atoms with Gasteiger partial charge in [-0.25, -0.2) is 9.67 Å². The molecule has 0 radical (unpaired) electrons. The van der Waals surface area contributed by atoms with Gasteiger partial charge in [-0.2, -0.15) is 5.10 Å². The summed E-state index contributed by atoms with van der Waals surface area (Å²) in [5.41, 5.74) is 5.78. The lowest BCUT2D eigenvalue weighted by molar-refractivity contribution is -0.126. The van der Waals surface area contributed by atoms with E-state index in [1.54, 1.807) is 11.0 Å². The minimum absolute atomic E-state index is 0.0218. The minimum atomic E-state index is -0.335. The van der Waals surface area contributed by atoms with E-state index in [-0.39, 0.29) is 17.9 Å². The highest BCUT2D eigenvalue weighted by atomic mass is 16.2. The molecule has 6 rings (SSSR count). The van der Waals surface area contributed by atoms with Crippen LogP contribution < -0.4 is 5.32 Å². The van der Waals surface area contributed by atoms with Gasteiger partial charge in [-0.3, -0.25) is 4.79 Å². The maximum absolute atomic E-state index is 13.0. The van der Waals surface area contributed by atoms with Crippen LogP contribution in [0.4, 0.5) is 0 Å². The molecule has 1 N–H and O–H groups in total. The van der Waals surface area contributed by atoms with Crippen LogP contribution in [0.3, 0.4) is 0 Å². The standard InChI is InChI=1S/C24H26N4O/c1-15(2)23(28-14-25-13-27-28)24(29)26-12-16-11-21-17-7-3-5-9-19(17)22(16)20-10-6-4-8-18(20)21/h3-10,13-16,21-23H,11-12H2,1-2H3,(H,26,29)/t16-,21?,22?,23+/m1/s1. The number of hydrogen-bond donors (Lipinski definition) is 1. The van der Waals surface area contributed by atoms with E-state index < -0.39 is 0 Å². The maximum atomic E-state index is 13.0. The van der Waals surface area contributed by atoms with Crippen LogP contribution in [0, 0.1) is 11.8 Å². The Morgan fingerprint density at radius 3 is 2.24 bits per heavy atom. The Morgan fingerprint density at radius 1 is 1.07 bits per heavy atom. The van der Waals surface area contributed by atoms with Gasteiger partial charge >= 0.3 is 0 Å². The van der Waals surface area contributed by atoms with Crippen LogP contribution >= 0.6 is 0 Å². The second-order valence-electron chi connectivity index (χ2n) is 8.59. The maximum Gasteiger partial charge on any atom is 0.245 e. The fraction of sp³-hybridized carbons (Fsp3) is 0.375. The number of carbonyl (C=O) groups excluding carboxylic acids is 1. The van der Waals surface area contributed by atoms with Crippen LogP contribution in [0.1, 0.15) is 60.4 Å². The van der Waals surface area contributed by atoms with E-state index in [4.69, 9.17) is 0 Å². The molecule has 2 bridgehead atoms. The molecular weight excluding hydrogens is 360 g/mol. The van der Waals surface area contributed by atoms with Gasteiger partial charge in [0.1, 0.15) is 18.7 Å². The van der Waals surface area contributed by atoms with Gasteiger partial charge < -0.3 is 5.32 Å². The Kier molecular flexibility index (Phi) is 4.46. The van der Waals surface area contributed by atoms with Crippen LogP contribution in [0.25, 0.3) is 0 Å². The van der Waals surface area contributed by atoms with Crippen molar-refractivity contribution in [1.29, 1.82) is 0 Å². The second kappa shape index (κ2) is 7.14. The number of hydrogen-bond acceptors (Lipinski definition) is 3. The van der Waals surface area contributed by atoms with Crippen molar-refractivity contribution in [1.82, 2.24) is 20.1 Å². The van der Waals surface area contributed by atoms with Crippen molar-refractivity contribution in [3.05, 3.63) is 83.4 Å². The zero-order valence-corrected chi connectivity index (χ0v) is 16.8. The van der Waals surface area contributed by atoms with Crippen molar-refractivity contribution in [3.8, 4) is 0 Å². The Labute approximate surface area is 171 Å². The van der Waals surface area contributed by atoms with Gasteiger partial charge in [-0.15, -0.1) is 0 Å². The summed E-state index contributed by atoms with van der Waals surface area (Å²) >= 11 is 0. The fourth-order valence-electron chi connectivity index (χ4n) is 5.39. The summed E-state index contributed by atoms with van der Waals surface area (Å²) in [6, 6.07) is 17.3. The topological polar surface area (TPSA) is 59.8 Å². The highest BCUT2D eigenvalue weighted by Gasteiger charge is 2.43. The lowest BCUT2D eigenvalue weighted by atomic mass is 9.59. The Balaban J connectivity index is 1.40. The molecular formula is C24H26N4O. The predicted molar refractivity (Wildman–Crippen MR) is 112 cm³/mol. The van der Waals surface area contributed by atoms with Gasteiger partial charge in [-0.05, 0) is 40.5 Å². The lowest BCUT2D eigenvalue weighted by Crippen LogP contribution is -2.42. The van der Waals surface area contributed by atoms with Gasteiger partial charge in [0, 0.05) is 18.4 Å². The summed E-state index contributed by atoms with van der Waals surface area (Å²) in [4.78, 5) is 17.0. The van der Waals surface area contributed by atoms with E-state index in [0.29, 0.717) is 24.3 Å². The molecule has 1 heterocycles. The van der Waals surface area contributed by atoms with Crippen molar-refractivity contribution in [2.75, 3.05) is 6.54 Å². The number of aromatic nitrogens is 3. The number of nitrogens with zero attached hydrogens (tertiary/aromatic N) is 3. The predicted octanol–water partition coefficient (Wildman–Crippen LogP) is 3.89. The third kappa shape index (κ3) is 2.96. The van der Waals surface area contributed by atoms with Crippen molar-refractivity contribution >= 4 is 5.91 Å². The Morgan fingerprint density at radius 2 is 1.69 bits per heavy atom. The van der Waals surface area contributed by atoms with E-state index >= 15 is 0 Å². The molecule has 0 unspecified atom stereocenters. The van der Waals surface area contributed by atoms with Gasteiger partial charge in [0.2, 0.25) is 5.91 Å². The van der Waals surface area contributed by atoms with Crippen molar-refractivity contribution in [3.63, 3.8) is 0 Å². The van der Waals surface area contributed by atoms with Crippen molar-refractivity contribution in [2.45, 2.75) is 38.1 Å². The first-order chi connectivity index (χ1) is 14.1. The molecule has 3 aromatic rings. The molecule has 1 aromatic heterocycles. The highest BCUT2D eigenvalue weighted by molar-refractivity contribution is 5.80. The van der Waals surface area contributed by atoms with Gasteiger partial charge in [0.05, 0.1) is 0 Å². The van der Waals surface area contributed by atoms with Crippen LogP contribution in [0.2, 0.25) is 0 Å². The van der Waals surface area contributed by atoms with Crippen LogP contribution in [-0.4, -0.2) is 27.2 Å². The number of carbonyl (C=O) groups is 1. The van der Waals surface area contributed by atoms with Crippen LogP contribution in [0.5, 0.6) is 0 Å². The average molecular weight is 386 g/mol. The van der Waals surface area contributed by atoms with E-state index in [0.717, 1.165) is 6.42 Å². The molecule has 0 aliphatic heterocycles. The highest BCUT2D eigenvalue weighted by Crippen LogP contribution is 2.55. The Bertz CT molecular complexity index is 979. The number of fused-ring (bicyclic) bond motifs is 1. The molecule has 2 aromatic carbocycles. The SMILES string of the molecule is CC(C)[C@@H](C(=O)NC[C@H]1CC2c3ccccc3C1c1ccccc12)n1cncn1. The summed E-state index contributed by atoms with van der Waals surface area (Å²) in [6.07, 6.45) is 4.19. The molecule has 0 saturated heterocycles. The largest absolute Gasteiger partial charge is 0.354 e.